The van der Waals surface area contributed by atoms with Crippen LogP contribution in [-0.4, -0.2) is 68.4 Å². The van der Waals surface area contributed by atoms with Crippen LogP contribution in [0.5, 0.6) is 5.88 Å². The molecule has 0 aliphatic carbocycles. The number of amides is 2. The van der Waals surface area contributed by atoms with E-state index >= 15 is 0 Å². The van der Waals surface area contributed by atoms with E-state index in [0.717, 1.165) is 0 Å². The molecule has 0 saturated carbocycles. The van der Waals surface area contributed by atoms with Crippen LogP contribution < -0.4 is 15.4 Å². The molecule has 2 amide bonds. The number of sulfonamides is 1. The van der Waals surface area contributed by atoms with E-state index in [1.54, 1.807) is 18.3 Å². The SMILES string of the molecule is COc1ncccc1NC(=O)NCCS(=O)(=O)N1C[C@@H](C)O[C@@H](C)C1. The summed E-state index contributed by atoms with van der Waals surface area (Å²) in [6, 6.07) is 2.77. The molecular formula is C15H24N4O5S. The summed E-state index contributed by atoms with van der Waals surface area (Å²) in [7, 11) is -2.01. The zero-order chi connectivity index (χ0) is 18.4. The first kappa shape index (κ1) is 19.4. The van der Waals surface area contributed by atoms with Gasteiger partial charge in [-0.15, -0.1) is 0 Å². The molecular weight excluding hydrogens is 348 g/mol. The molecule has 10 heteroatoms. The van der Waals surface area contributed by atoms with Gasteiger partial charge in [-0.1, -0.05) is 0 Å². The molecule has 2 atom stereocenters. The van der Waals surface area contributed by atoms with Crippen LogP contribution in [0.25, 0.3) is 0 Å². The first-order valence-electron chi connectivity index (χ1n) is 7.99. The monoisotopic (exact) mass is 372 g/mol. The number of aromatic nitrogens is 1. The molecule has 0 bridgehead atoms. The molecule has 0 aromatic carbocycles. The van der Waals surface area contributed by atoms with Crippen LogP contribution in [0.4, 0.5) is 10.5 Å². The number of carbonyl (C=O) groups is 1. The molecule has 2 rings (SSSR count). The molecule has 0 radical (unpaired) electrons. The Bertz CT molecular complexity index is 687. The molecule has 1 aliphatic rings. The minimum absolute atomic E-state index is 0.00311. The van der Waals surface area contributed by atoms with Crippen molar-refractivity contribution in [2.45, 2.75) is 26.1 Å². The van der Waals surface area contributed by atoms with Crippen LogP contribution in [0.2, 0.25) is 0 Å². The molecule has 0 unspecified atom stereocenters. The number of ether oxygens (including phenoxy) is 2. The summed E-state index contributed by atoms with van der Waals surface area (Å²) < 4.78 is 36.8. The van der Waals surface area contributed by atoms with Crippen LogP contribution in [0.1, 0.15) is 13.8 Å². The number of methoxy groups -OCH3 is 1. The third kappa shape index (κ3) is 5.55. The minimum Gasteiger partial charge on any atom is -0.480 e. The number of hydrogen-bond donors (Lipinski definition) is 2. The maximum absolute atomic E-state index is 12.4. The molecule has 1 aromatic heterocycles. The Morgan fingerprint density at radius 1 is 1.40 bits per heavy atom. The summed E-state index contributed by atoms with van der Waals surface area (Å²) in [4.78, 5) is 15.9. The Morgan fingerprint density at radius 3 is 2.72 bits per heavy atom. The quantitative estimate of drug-likeness (QED) is 0.759. The Hall–Kier alpha value is -1.91. The van der Waals surface area contributed by atoms with Gasteiger partial charge in [-0.25, -0.2) is 18.2 Å². The van der Waals surface area contributed by atoms with Crippen LogP contribution >= 0.6 is 0 Å². The summed E-state index contributed by atoms with van der Waals surface area (Å²) >= 11 is 0. The van der Waals surface area contributed by atoms with E-state index in [4.69, 9.17) is 9.47 Å². The third-order valence-corrected chi connectivity index (χ3v) is 5.44. The van der Waals surface area contributed by atoms with Crippen molar-refractivity contribution in [1.29, 1.82) is 0 Å². The lowest BCUT2D eigenvalue weighted by Crippen LogP contribution is -2.49. The van der Waals surface area contributed by atoms with E-state index in [-0.39, 0.29) is 30.4 Å². The summed E-state index contributed by atoms with van der Waals surface area (Å²) in [5.74, 6) is 0.103. The van der Waals surface area contributed by atoms with Crippen LogP contribution in [0.3, 0.4) is 0 Å². The first-order valence-corrected chi connectivity index (χ1v) is 9.60. The van der Waals surface area contributed by atoms with Gasteiger partial charge in [-0.3, -0.25) is 0 Å². The zero-order valence-electron chi connectivity index (χ0n) is 14.6. The molecule has 2 N–H and O–H groups in total. The second kappa shape index (κ2) is 8.45. The number of urea groups is 1. The molecule has 9 nitrogen and oxygen atoms in total. The lowest BCUT2D eigenvalue weighted by atomic mass is 10.3. The summed E-state index contributed by atoms with van der Waals surface area (Å²) in [5, 5.41) is 5.11. The van der Waals surface area contributed by atoms with Crippen molar-refractivity contribution >= 4 is 21.7 Å². The topological polar surface area (TPSA) is 110 Å². The van der Waals surface area contributed by atoms with Crippen LogP contribution in [0, 0.1) is 0 Å². The highest BCUT2D eigenvalue weighted by molar-refractivity contribution is 7.89. The fraction of sp³-hybridized carbons (Fsp3) is 0.600. The molecule has 1 saturated heterocycles. The maximum atomic E-state index is 12.4. The van der Waals surface area contributed by atoms with Gasteiger partial charge in [-0.2, -0.15) is 4.31 Å². The number of nitrogens with one attached hydrogen (secondary N) is 2. The molecule has 1 aromatic rings. The van der Waals surface area contributed by atoms with Crippen molar-refractivity contribution in [2.24, 2.45) is 0 Å². The Labute approximate surface area is 147 Å². The molecule has 0 spiro atoms. The van der Waals surface area contributed by atoms with E-state index in [9.17, 15) is 13.2 Å². The normalized spacial score (nSPS) is 21.6. The van der Waals surface area contributed by atoms with Gasteiger partial charge in [0.2, 0.25) is 15.9 Å². The van der Waals surface area contributed by atoms with Gasteiger partial charge in [0.15, 0.2) is 0 Å². The number of nitrogens with zero attached hydrogens (tertiary/aromatic N) is 2. The molecule has 1 fully saturated rings. The highest BCUT2D eigenvalue weighted by atomic mass is 32.2. The van der Waals surface area contributed by atoms with Gasteiger partial charge in [0.25, 0.3) is 0 Å². The van der Waals surface area contributed by atoms with Crippen molar-refractivity contribution in [3.63, 3.8) is 0 Å². The Morgan fingerprint density at radius 2 is 2.08 bits per heavy atom. The summed E-state index contributed by atoms with van der Waals surface area (Å²) in [5.41, 5.74) is 0.404. The van der Waals surface area contributed by atoms with E-state index in [1.165, 1.54) is 11.4 Å². The number of rotatable bonds is 6. The van der Waals surface area contributed by atoms with Crippen LogP contribution in [0.15, 0.2) is 18.3 Å². The van der Waals surface area contributed by atoms with Gasteiger partial charge >= 0.3 is 6.03 Å². The number of hydrogen-bond acceptors (Lipinski definition) is 6. The number of morpholine rings is 1. The highest BCUT2D eigenvalue weighted by Gasteiger charge is 2.30. The van der Waals surface area contributed by atoms with Crippen molar-refractivity contribution < 1.29 is 22.7 Å². The van der Waals surface area contributed by atoms with Gasteiger partial charge in [0.1, 0.15) is 5.69 Å². The van der Waals surface area contributed by atoms with E-state index < -0.39 is 16.1 Å². The average molecular weight is 372 g/mol. The number of pyridine rings is 1. The predicted molar refractivity (Wildman–Crippen MR) is 93.2 cm³/mol. The van der Waals surface area contributed by atoms with E-state index in [1.807, 2.05) is 13.8 Å². The third-order valence-electron chi connectivity index (χ3n) is 3.64. The smallest absolute Gasteiger partial charge is 0.319 e. The molecule has 2 heterocycles. The molecule has 140 valence electrons. The Balaban J connectivity index is 1.84. The van der Waals surface area contributed by atoms with E-state index in [0.29, 0.717) is 18.8 Å². The fourth-order valence-corrected chi connectivity index (χ4v) is 4.09. The lowest BCUT2D eigenvalue weighted by molar-refractivity contribution is -0.0440. The predicted octanol–water partition coefficient (Wildman–Crippen LogP) is 0.651. The highest BCUT2D eigenvalue weighted by Crippen LogP contribution is 2.19. The Kier molecular flexibility index (Phi) is 6.57. The van der Waals surface area contributed by atoms with Gasteiger partial charge in [0, 0.05) is 25.8 Å². The molecule has 1 aliphatic heterocycles. The summed E-state index contributed by atoms with van der Waals surface area (Å²) in [6.45, 7) is 4.32. The molecule has 25 heavy (non-hydrogen) atoms. The van der Waals surface area contributed by atoms with Gasteiger partial charge < -0.3 is 20.1 Å². The average Bonchev–Trinajstić information content (AvgIpc) is 2.54. The second-order valence-electron chi connectivity index (χ2n) is 5.83. The number of anilines is 1. The van der Waals surface area contributed by atoms with Crippen LogP contribution in [-0.2, 0) is 14.8 Å². The second-order valence-corrected chi connectivity index (χ2v) is 7.92. The minimum atomic E-state index is -3.46. The van der Waals surface area contributed by atoms with Gasteiger partial charge in [0.05, 0.1) is 25.1 Å². The number of carbonyl (C=O) groups excluding carboxylic acids is 1. The standard InChI is InChI=1S/C15H24N4O5S/c1-11-9-19(10-12(2)24-11)25(21,22)8-7-17-15(20)18-13-5-4-6-16-14(13)23-3/h4-6,11-12H,7-10H2,1-3H3,(H2,17,18,20)/t11-,12+. The summed E-state index contributed by atoms with van der Waals surface area (Å²) in [6.07, 6.45) is 1.25. The zero-order valence-corrected chi connectivity index (χ0v) is 15.4. The largest absolute Gasteiger partial charge is 0.480 e. The van der Waals surface area contributed by atoms with Crippen molar-refractivity contribution in [3.8, 4) is 5.88 Å². The van der Waals surface area contributed by atoms with E-state index in [2.05, 4.69) is 15.6 Å². The fourth-order valence-electron chi connectivity index (χ4n) is 2.60. The van der Waals surface area contributed by atoms with Crippen molar-refractivity contribution in [3.05, 3.63) is 18.3 Å². The maximum Gasteiger partial charge on any atom is 0.319 e. The lowest BCUT2D eigenvalue weighted by Gasteiger charge is -2.34. The van der Waals surface area contributed by atoms with Crippen molar-refractivity contribution in [1.82, 2.24) is 14.6 Å². The first-order chi connectivity index (χ1) is 11.8. The van der Waals surface area contributed by atoms with Gasteiger partial charge in [-0.05, 0) is 26.0 Å². The van der Waals surface area contributed by atoms with Crippen molar-refractivity contribution in [2.75, 3.05) is 37.8 Å².